The second-order valence-corrected chi connectivity index (χ2v) is 8.21. The quantitative estimate of drug-likeness (QED) is 0.525. The van der Waals surface area contributed by atoms with Gasteiger partial charge in [-0.2, -0.15) is 0 Å². The van der Waals surface area contributed by atoms with Crippen molar-refractivity contribution in [1.29, 1.82) is 0 Å². The molecule has 0 spiro atoms. The van der Waals surface area contributed by atoms with Crippen molar-refractivity contribution in [2.45, 2.75) is 6.54 Å². The van der Waals surface area contributed by atoms with E-state index in [-0.39, 0.29) is 11.1 Å². The Morgan fingerprint density at radius 3 is 2.39 bits per heavy atom. The first-order chi connectivity index (χ1) is 14.7. The van der Waals surface area contributed by atoms with E-state index in [1.165, 1.54) is 30.0 Å². The lowest BCUT2D eigenvalue weighted by Gasteiger charge is -2.26. The number of aromatic amines is 1. The molecule has 1 fully saturated rings. The van der Waals surface area contributed by atoms with Crippen molar-refractivity contribution < 1.29 is 24.2 Å². The molecule has 2 aromatic rings. The van der Waals surface area contributed by atoms with Gasteiger partial charge in [-0.25, -0.2) is 9.59 Å². The summed E-state index contributed by atoms with van der Waals surface area (Å²) in [7, 11) is 1.22. The molecular formula is C19H21Br2N3O7. The van der Waals surface area contributed by atoms with Crippen LogP contribution in [0.1, 0.15) is 20.7 Å². The van der Waals surface area contributed by atoms with Gasteiger partial charge >= 0.3 is 11.9 Å². The molecule has 10 nitrogen and oxygen atoms in total. The number of ether oxygens (including phenoxy) is 2. The molecule has 1 aliphatic rings. The number of methoxy groups -OCH3 is 1. The van der Waals surface area contributed by atoms with Gasteiger partial charge in [0.05, 0.1) is 20.3 Å². The number of rotatable bonds is 5. The van der Waals surface area contributed by atoms with E-state index in [2.05, 4.69) is 46.5 Å². The van der Waals surface area contributed by atoms with Gasteiger partial charge in [-0.1, -0.05) is 0 Å². The van der Waals surface area contributed by atoms with Gasteiger partial charge in [-0.05, 0) is 44.0 Å². The zero-order valence-corrected chi connectivity index (χ0v) is 19.8. The normalized spacial score (nSPS) is 13.8. The minimum absolute atomic E-state index is 0.00752. The van der Waals surface area contributed by atoms with Crippen molar-refractivity contribution in [2.75, 3.05) is 40.0 Å². The molecular weight excluding hydrogens is 542 g/mol. The highest BCUT2D eigenvalue weighted by atomic mass is 79.9. The summed E-state index contributed by atoms with van der Waals surface area (Å²) in [6, 6.07) is 2.74. The van der Waals surface area contributed by atoms with Gasteiger partial charge < -0.3 is 24.1 Å². The zero-order valence-electron chi connectivity index (χ0n) is 16.6. The van der Waals surface area contributed by atoms with Crippen LogP contribution in [0.5, 0.6) is 0 Å². The van der Waals surface area contributed by atoms with Gasteiger partial charge in [0.25, 0.3) is 11.1 Å². The third kappa shape index (κ3) is 7.42. The Balaban J connectivity index is 0.000000245. The minimum atomic E-state index is -1.20. The standard InChI is InChI=1S/C12H15BrN2O4.C7H6BrNO3/c13-9-7-10(12(17)18)11(16)15(8-9)2-1-14-3-5-19-6-4-14;1-12-7(11)5-2-4(8)3-9-6(5)10/h7-8H,1-6H2,(H,17,18);2-3H,1H3,(H,9,10). The Morgan fingerprint density at radius 2 is 1.77 bits per heavy atom. The lowest BCUT2D eigenvalue weighted by atomic mass is 10.3. The van der Waals surface area contributed by atoms with E-state index >= 15 is 0 Å². The van der Waals surface area contributed by atoms with Crippen LogP contribution >= 0.6 is 31.9 Å². The molecule has 31 heavy (non-hydrogen) atoms. The lowest BCUT2D eigenvalue weighted by molar-refractivity contribution is 0.0362. The molecule has 3 heterocycles. The number of esters is 1. The van der Waals surface area contributed by atoms with Crippen LogP contribution in [0.3, 0.4) is 0 Å². The number of nitrogens with zero attached hydrogens (tertiary/aromatic N) is 2. The highest BCUT2D eigenvalue weighted by molar-refractivity contribution is 9.10. The summed E-state index contributed by atoms with van der Waals surface area (Å²) in [6.45, 7) is 4.27. The van der Waals surface area contributed by atoms with Gasteiger partial charge in [0, 0.05) is 47.5 Å². The summed E-state index contributed by atoms with van der Waals surface area (Å²) in [4.78, 5) is 49.4. The number of hydrogen-bond donors (Lipinski definition) is 2. The molecule has 3 rings (SSSR count). The first kappa shape index (κ1) is 25.0. The maximum Gasteiger partial charge on any atom is 0.343 e. The Labute approximate surface area is 194 Å². The molecule has 0 atom stereocenters. The van der Waals surface area contributed by atoms with Crippen LogP contribution in [-0.2, 0) is 16.0 Å². The second kappa shape index (κ2) is 11.9. The fourth-order valence-corrected chi connectivity index (χ4v) is 3.53. The van der Waals surface area contributed by atoms with E-state index in [0.29, 0.717) is 35.2 Å². The summed E-state index contributed by atoms with van der Waals surface area (Å²) < 4.78 is 12.3. The van der Waals surface area contributed by atoms with Gasteiger partial charge in [0.1, 0.15) is 11.1 Å². The molecule has 2 N–H and O–H groups in total. The number of carboxylic acids is 1. The Kier molecular flexibility index (Phi) is 9.62. The highest BCUT2D eigenvalue weighted by Gasteiger charge is 2.14. The molecule has 0 aliphatic carbocycles. The molecule has 168 valence electrons. The number of carboxylic acid groups (broad SMARTS) is 1. The van der Waals surface area contributed by atoms with Gasteiger partial charge in [-0.3, -0.25) is 14.5 Å². The van der Waals surface area contributed by atoms with E-state index in [4.69, 9.17) is 9.84 Å². The second-order valence-electron chi connectivity index (χ2n) is 6.38. The maximum absolute atomic E-state index is 12.0. The predicted molar refractivity (Wildman–Crippen MR) is 119 cm³/mol. The van der Waals surface area contributed by atoms with Crippen molar-refractivity contribution in [3.8, 4) is 0 Å². The molecule has 1 saturated heterocycles. The topological polar surface area (TPSA) is 131 Å². The van der Waals surface area contributed by atoms with E-state index in [1.807, 2.05) is 0 Å². The summed E-state index contributed by atoms with van der Waals surface area (Å²) in [5.74, 6) is -1.84. The number of pyridine rings is 2. The first-order valence-electron chi connectivity index (χ1n) is 9.13. The van der Waals surface area contributed by atoms with Crippen LogP contribution in [-0.4, -0.2) is 71.5 Å². The van der Waals surface area contributed by atoms with Crippen molar-refractivity contribution >= 4 is 43.8 Å². The summed E-state index contributed by atoms with van der Waals surface area (Å²) in [6.07, 6.45) is 3.07. The molecule has 0 radical (unpaired) electrons. The van der Waals surface area contributed by atoms with E-state index < -0.39 is 23.1 Å². The van der Waals surface area contributed by atoms with Gasteiger partial charge in [0.2, 0.25) is 0 Å². The number of H-pyrrole nitrogens is 1. The van der Waals surface area contributed by atoms with Crippen molar-refractivity contribution in [3.05, 3.63) is 65.3 Å². The highest BCUT2D eigenvalue weighted by Crippen LogP contribution is 2.09. The van der Waals surface area contributed by atoms with Crippen molar-refractivity contribution in [1.82, 2.24) is 14.5 Å². The molecule has 0 unspecified atom stereocenters. The summed E-state index contributed by atoms with van der Waals surface area (Å²) in [5.41, 5.74) is -1.14. The molecule has 1 aliphatic heterocycles. The number of morpholine rings is 1. The number of aromatic nitrogens is 2. The van der Waals surface area contributed by atoms with Crippen LogP contribution in [0.25, 0.3) is 0 Å². The summed E-state index contributed by atoms with van der Waals surface area (Å²) >= 11 is 6.34. The smallest absolute Gasteiger partial charge is 0.343 e. The lowest BCUT2D eigenvalue weighted by Crippen LogP contribution is -2.39. The van der Waals surface area contributed by atoms with Gasteiger partial charge in [-0.15, -0.1) is 0 Å². The third-order valence-corrected chi connectivity index (χ3v) is 5.21. The number of hydrogen-bond acceptors (Lipinski definition) is 7. The maximum atomic E-state index is 12.0. The first-order valence-corrected chi connectivity index (χ1v) is 10.7. The van der Waals surface area contributed by atoms with Crippen molar-refractivity contribution in [2.24, 2.45) is 0 Å². The van der Waals surface area contributed by atoms with Crippen LogP contribution in [0.15, 0.2) is 43.1 Å². The van der Waals surface area contributed by atoms with Crippen LogP contribution in [0.2, 0.25) is 0 Å². The molecule has 0 aromatic carbocycles. The van der Waals surface area contributed by atoms with E-state index in [9.17, 15) is 19.2 Å². The molecule has 0 saturated carbocycles. The average Bonchev–Trinajstić information content (AvgIpc) is 2.76. The molecule has 0 amide bonds. The zero-order chi connectivity index (χ0) is 23.0. The van der Waals surface area contributed by atoms with Crippen LogP contribution < -0.4 is 11.1 Å². The van der Waals surface area contributed by atoms with E-state index in [1.54, 1.807) is 6.20 Å². The average molecular weight is 563 g/mol. The largest absolute Gasteiger partial charge is 0.477 e. The predicted octanol–water partition coefficient (Wildman–Crippen LogP) is 1.57. The summed E-state index contributed by atoms with van der Waals surface area (Å²) in [5, 5.41) is 8.97. The fourth-order valence-electron chi connectivity index (χ4n) is 2.71. The number of nitrogens with one attached hydrogen (secondary N) is 1. The third-order valence-electron chi connectivity index (χ3n) is 4.32. The Morgan fingerprint density at radius 1 is 1.13 bits per heavy atom. The van der Waals surface area contributed by atoms with Crippen LogP contribution in [0.4, 0.5) is 0 Å². The van der Waals surface area contributed by atoms with E-state index in [0.717, 1.165) is 13.1 Å². The monoisotopic (exact) mass is 561 g/mol. The molecule has 0 bridgehead atoms. The minimum Gasteiger partial charge on any atom is -0.477 e. The molecule has 2 aromatic heterocycles. The Bertz CT molecular complexity index is 1050. The number of halogens is 2. The van der Waals surface area contributed by atoms with Gasteiger partial charge in [0.15, 0.2) is 0 Å². The number of aromatic carboxylic acids is 1. The SMILES string of the molecule is COC(=O)c1cc(Br)c[nH]c1=O.O=C(O)c1cc(Br)cn(CCN2CCOCC2)c1=O. The fraction of sp³-hybridized carbons (Fsp3) is 0.368. The Hall–Kier alpha value is -2.28. The number of carbonyl (C=O) groups is 2. The van der Waals surface area contributed by atoms with Crippen molar-refractivity contribution in [3.63, 3.8) is 0 Å². The van der Waals surface area contributed by atoms with Crippen LogP contribution in [0, 0.1) is 0 Å². The number of carbonyl (C=O) groups excluding carboxylic acids is 1. The molecule has 12 heteroatoms.